The lowest BCUT2D eigenvalue weighted by Crippen LogP contribution is -2.33. The van der Waals surface area contributed by atoms with Crippen molar-refractivity contribution < 1.29 is 19.0 Å². The standard InChI is InChI=1S/C22H30N4O4.HI/c1-5-23-22(26-17-9-12-19(29-4)20(13-17)30-6-2)25-15-21(27)24-14-16-7-10-18(28-3)11-8-16;/h7-13H,5-6,14-15H2,1-4H3,(H,24,27)(H2,23,25,26);1H. The number of nitrogens with zero attached hydrogens (tertiary/aromatic N) is 1. The largest absolute Gasteiger partial charge is 0.497 e. The molecule has 0 aliphatic rings. The number of hydrogen-bond acceptors (Lipinski definition) is 5. The second-order valence-electron chi connectivity index (χ2n) is 6.24. The number of methoxy groups -OCH3 is 2. The minimum Gasteiger partial charge on any atom is -0.497 e. The molecule has 0 saturated heterocycles. The highest BCUT2D eigenvalue weighted by molar-refractivity contribution is 14.0. The number of guanidine groups is 1. The van der Waals surface area contributed by atoms with Gasteiger partial charge in [-0.05, 0) is 43.7 Å². The summed E-state index contributed by atoms with van der Waals surface area (Å²) in [5, 5.41) is 9.17. The minimum atomic E-state index is -0.173. The Bertz CT molecular complexity index is 844. The van der Waals surface area contributed by atoms with E-state index in [2.05, 4.69) is 20.9 Å². The Kier molecular flexibility index (Phi) is 12.2. The van der Waals surface area contributed by atoms with Crippen molar-refractivity contribution >= 4 is 41.5 Å². The van der Waals surface area contributed by atoms with E-state index in [1.165, 1.54) is 0 Å². The van der Waals surface area contributed by atoms with E-state index >= 15 is 0 Å². The Morgan fingerprint density at radius 1 is 0.968 bits per heavy atom. The maximum absolute atomic E-state index is 12.2. The number of amides is 1. The molecule has 2 aromatic rings. The Morgan fingerprint density at radius 3 is 2.32 bits per heavy atom. The van der Waals surface area contributed by atoms with Gasteiger partial charge in [0.1, 0.15) is 12.3 Å². The van der Waals surface area contributed by atoms with Gasteiger partial charge in [-0.15, -0.1) is 24.0 Å². The van der Waals surface area contributed by atoms with Crippen molar-refractivity contribution in [3.63, 3.8) is 0 Å². The maximum atomic E-state index is 12.2. The summed E-state index contributed by atoms with van der Waals surface area (Å²) in [4.78, 5) is 16.5. The van der Waals surface area contributed by atoms with Gasteiger partial charge >= 0.3 is 0 Å². The molecule has 0 aliphatic heterocycles. The molecular formula is C22H31IN4O4. The van der Waals surface area contributed by atoms with Crippen LogP contribution in [0.2, 0.25) is 0 Å². The summed E-state index contributed by atoms with van der Waals surface area (Å²) in [6, 6.07) is 13.0. The van der Waals surface area contributed by atoms with E-state index in [1.54, 1.807) is 14.2 Å². The van der Waals surface area contributed by atoms with Crippen molar-refractivity contribution in [2.75, 3.05) is 39.2 Å². The van der Waals surface area contributed by atoms with Gasteiger partial charge < -0.3 is 30.2 Å². The quantitative estimate of drug-likeness (QED) is 0.242. The number of nitrogens with one attached hydrogen (secondary N) is 3. The fraction of sp³-hybridized carbons (Fsp3) is 0.364. The molecule has 0 saturated carbocycles. The van der Waals surface area contributed by atoms with Crippen molar-refractivity contribution in [1.82, 2.24) is 10.6 Å². The Labute approximate surface area is 200 Å². The van der Waals surface area contributed by atoms with Crippen LogP contribution < -0.4 is 30.2 Å². The van der Waals surface area contributed by atoms with Gasteiger partial charge in [0.15, 0.2) is 17.5 Å². The lowest BCUT2D eigenvalue weighted by atomic mass is 10.2. The lowest BCUT2D eigenvalue weighted by Gasteiger charge is -2.14. The SMILES string of the molecule is CCNC(=NCC(=O)NCc1ccc(OC)cc1)Nc1ccc(OC)c(OCC)c1.I. The molecule has 0 aromatic heterocycles. The van der Waals surface area contributed by atoms with Crippen molar-refractivity contribution in [2.45, 2.75) is 20.4 Å². The van der Waals surface area contributed by atoms with Crippen LogP contribution >= 0.6 is 24.0 Å². The predicted molar refractivity (Wildman–Crippen MR) is 134 cm³/mol. The first-order valence-electron chi connectivity index (χ1n) is 9.85. The third kappa shape index (κ3) is 8.91. The van der Waals surface area contributed by atoms with E-state index in [0.717, 1.165) is 17.0 Å². The summed E-state index contributed by atoms with van der Waals surface area (Å²) < 4.78 is 16.0. The Hall–Kier alpha value is -2.69. The fourth-order valence-electron chi connectivity index (χ4n) is 2.62. The van der Waals surface area contributed by atoms with Crippen molar-refractivity contribution in [3.05, 3.63) is 48.0 Å². The molecule has 8 nitrogen and oxygen atoms in total. The van der Waals surface area contributed by atoms with Crippen LogP contribution in [0, 0.1) is 0 Å². The zero-order valence-electron chi connectivity index (χ0n) is 18.4. The van der Waals surface area contributed by atoms with E-state index in [-0.39, 0.29) is 36.4 Å². The monoisotopic (exact) mass is 542 g/mol. The van der Waals surface area contributed by atoms with Crippen molar-refractivity contribution in [1.29, 1.82) is 0 Å². The first-order chi connectivity index (χ1) is 14.6. The normalized spacial score (nSPS) is 10.5. The number of hydrogen-bond donors (Lipinski definition) is 3. The number of carbonyl (C=O) groups excluding carboxylic acids is 1. The van der Waals surface area contributed by atoms with Crippen LogP contribution in [0.3, 0.4) is 0 Å². The summed E-state index contributed by atoms with van der Waals surface area (Å²) in [6.07, 6.45) is 0. The van der Waals surface area contributed by atoms with Crippen LogP contribution in [0.15, 0.2) is 47.5 Å². The molecule has 2 aromatic carbocycles. The molecule has 1 amide bonds. The molecule has 170 valence electrons. The number of rotatable bonds is 10. The van der Waals surface area contributed by atoms with E-state index in [9.17, 15) is 4.79 Å². The van der Waals surface area contributed by atoms with Gasteiger partial charge in [0.25, 0.3) is 0 Å². The second-order valence-corrected chi connectivity index (χ2v) is 6.24. The maximum Gasteiger partial charge on any atom is 0.242 e. The van der Waals surface area contributed by atoms with E-state index in [1.807, 2.05) is 56.3 Å². The molecule has 0 aliphatic carbocycles. The molecule has 0 bridgehead atoms. The summed E-state index contributed by atoms with van der Waals surface area (Å²) in [5.41, 5.74) is 1.76. The third-order valence-electron chi connectivity index (χ3n) is 4.10. The topological polar surface area (TPSA) is 93.2 Å². The second kappa shape index (κ2) is 14.3. The van der Waals surface area contributed by atoms with Crippen LogP contribution in [-0.4, -0.2) is 45.8 Å². The number of carbonyl (C=O) groups is 1. The third-order valence-corrected chi connectivity index (χ3v) is 4.10. The fourth-order valence-corrected chi connectivity index (χ4v) is 2.62. The molecule has 0 atom stereocenters. The van der Waals surface area contributed by atoms with Crippen LogP contribution in [0.25, 0.3) is 0 Å². The number of anilines is 1. The number of ether oxygens (including phenoxy) is 3. The van der Waals surface area contributed by atoms with E-state index in [0.29, 0.717) is 37.2 Å². The molecule has 2 rings (SSSR count). The van der Waals surface area contributed by atoms with Crippen molar-refractivity contribution in [3.8, 4) is 17.2 Å². The highest BCUT2D eigenvalue weighted by Gasteiger charge is 2.08. The zero-order valence-corrected chi connectivity index (χ0v) is 20.7. The smallest absolute Gasteiger partial charge is 0.242 e. The van der Waals surface area contributed by atoms with Crippen molar-refractivity contribution in [2.24, 2.45) is 4.99 Å². The lowest BCUT2D eigenvalue weighted by molar-refractivity contribution is -0.119. The summed E-state index contributed by atoms with van der Waals surface area (Å²) in [5.74, 6) is 2.40. The Balaban J connectivity index is 0.00000480. The van der Waals surface area contributed by atoms with E-state index < -0.39 is 0 Å². The number of halogens is 1. The molecule has 3 N–H and O–H groups in total. The first kappa shape index (κ1) is 26.3. The van der Waals surface area contributed by atoms with Crippen LogP contribution in [0.4, 0.5) is 5.69 Å². The first-order valence-corrected chi connectivity index (χ1v) is 9.85. The average Bonchev–Trinajstić information content (AvgIpc) is 2.77. The van der Waals surface area contributed by atoms with Gasteiger partial charge in [0.05, 0.1) is 20.8 Å². The van der Waals surface area contributed by atoms with Crippen LogP contribution in [0.1, 0.15) is 19.4 Å². The highest BCUT2D eigenvalue weighted by atomic mass is 127. The predicted octanol–water partition coefficient (Wildman–Crippen LogP) is 3.41. The molecular weight excluding hydrogens is 511 g/mol. The molecule has 0 fully saturated rings. The molecule has 0 heterocycles. The van der Waals surface area contributed by atoms with Gasteiger partial charge in [0.2, 0.25) is 5.91 Å². The van der Waals surface area contributed by atoms with Gasteiger partial charge in [-0.3, -0.25) is 4.79 Å². The van der Waals surface area contributed by atoms with Gasteiger partial charge in [-0.2, -0.15) is 0 Å². The molecule has 0 radical (unpaired) electrons. The summed E-state index contributed by atoms with van der Waals surface area (Å²) in [6.45, 7) is 5.49. The van der Waals surface area contributed by atoms with E-state index in [4.69, 9.17) is 14.2 Å². The molecule has 31 heavy (non-hydrogen) atoms. The minimum absolute atomic E-state index is 0. The molecule has 0 unspecified atom stereocenters. The van der Waals surface area contributed by atoms with Gasteiger partial charge in [-0.25, -0.2) is 4.99 Å². The van der Waals surface area contributed by atoms with Gasteiger partial charge in [-0.1, -0.05) is 12.1 Å². The number of benzene rings is 2. The van der Waals surface area contributed by atoms with Crippen LogP contribution in [-0.2, 0) is 11.3 Å². The molecule has 9 heteroatoms. The summed E-state index contributed by atoms with van der Waals surface area (Å²) in [7, 11) is 3.22. The zero-order chi connectivity index (χ0) is 21.8. The Morgan fingerprint density at radius 2 is 1.71 bits per heavy atom. The average molecular weight is 542 g/mol. The van der Waals surface area contributed by atoms with Gasteiger partial charge in [0, 0.05) is 24.8 Å². The van der Waals surface area contributed by atoms with Crippen LogP contribution in [0.5, 0.6) is 17.2 Å². The molecule has 0 spiro atoms. The summed E-state index contributed by atoms with van der Waals surface area (Å²) >= 11 is 0. The number of aliphatic imine (C=N–C) groups is 1. The highest BCUT2D eigenvalue weighted by Crippen LogP contribution is 2.30.